The lowest BCUT2D eigenvalue weighted by Crippen LogP contribution is -2.39. The molecule has 1 fully saturated rings. The van der Waals surface area contributed by atoms with Crippen LogP contribution in [0.5, 0.6) is 0 Å². The number of pyridine rings is 1. The zero-order valence-electron chi connectivity index (χ0n) is 16.8. The van der Waals surface area contributed by atoms with Crippen molar-refractivity contribution in [2.24, 2.45) is 4.99 Å². The van der Waals surface area contributed by atoms with Gasteiger partial charge in [0, 0.05) is 35.4 Å². The van der Waals surface area contributed by atoms with Crippen molar-refractivity contribution in [3.8, 4) is 0 Å². The van der Waals surface area contributed by atoms with Crippen LogP contribution in [0, 0.1) is 17.0 Å². The highest BCUT2D eigenvalue weighted by atomic mass is 35.5. The average Bonchev–Trinajstić information content (AvgIpc) is 3.24. The minimum absolute atomic E-state index is 0.0376. The standard InChI is InChI=1S/C21H22ClN5O3/c1-14-6-7-19(27(28)29)20(24-14)26-10-8-16(9-11-26)15(2)21(23-13-30-25-21)17-4-3-5-18(22)12-17/h3-7,12-13,25H,8-11H2,1-2H3. The zero-order valence-corrected chi connectivity index (χ0v) is 17.5. The highest BCUT2D eigenvalue weighted by Gasteiger charge is 2.39. The number of nitrogens with zero attached hydrogens (tertiary/aromatic N) is 4. The number of hydrogen-bond acceptors (Lipinski definition) is 7. The van der Waals surface area contributed by atoms with Gasteiger partial charge in [-0.1, -0.05) is 29.3 Å². The Morgan fingerprint density at radius 1 is 1.30 bits per heavy atom. The first kappa shape index (κ1) is 20.3. The summed E-state index contributed by atoms with van der Waals surface area (Å²) in [7, 11) is 0. The molecule has 2 aliphatic rings. The fourth-order valence-corrected chi connectivity index (χ4v) is 4.20. The molecule has 1 aromatic heterocycles. The van der Waals surface area contributed by atoms with Crippen LogP contribution in [0.15, 0.2) is 52.5 Å². The van der Waals surface area contributed by atoms with Gasteiger partial charge in [0.15, 0.2) is 12.1 Å². The van der Waals surface area contributed by atoms with Crippen molar-refractivity contribution in [2.75, 3.05) is 18.0 Å². The van der Waals surface area contributed by atoms with Crippen molar-refractivity contribution >= 4 is 29.5 Å². The molecular formula is C21H22ClN5O3. The number of rotatable bonds is 4. The Morgan fingerprint density at radius 3 is 2.70 bits per heavy atom. The maximum atomic E-state index is 11.4. The lowest BCUT2D eigenvalue weighted by atomic mass is 9.86. The summed E-state index contributed by atoms with van der Waals surface area (Å²) in [6.45, 7) is 5.16. The molecule has 4 rings (SSSR count). The second kappa shape index (κ2) is 8.04. The van der Waals surface area contributed by atoms with E-state index in [1.165, 1.54) is 18.0 Å². The Bertz CT molecular complexity index is 1040. The molecule has 3 heterocycles. The van der Waals surface area contributed by atoms with Gasteiger partial charge >= 0.3 is 5.69 Å². The molecule has 0 radical (unpaired) electrons. The smallest absolute Gasteiger partial charge is 0.311 e. The van der Waals surface area contributed by atoms with Gasteiger partial charge in [0.05, 0.1) is 4.92 Å². The number of aromatic nitrogens is 1. The first-order chi connectivity index (χ1) is 14.4. The fourth-order valence-electron chi connectivity index (χ4n) is 4.01. The number of nitro groups is 1. The molecule has 0 amide bonds. The first-order valence-corrected chi connectivity index (χ1v) is 10.1. The lowest BCUT2D eigenvalue weighted by Gasteiger charge is -2.34. The van der Waals surface area contributed by atoms with Crippen molar-refractivity contribution < 1.29 is 9.76 Å². The summed E-state index contributed by atoms with van der Waals surface area (Å²) in [5, 5.41) is 12.1. The molecule has 1 unspecified atom stereocenters. The minimum atomic E-state index is -0.823. The highest BCUT2D eigenvalue weighted by molar-refractivity contribution is 6.30. The van der Waals surface area contributed by atoms with Crippen LogP contribution in [0.1, 0.15) is 31.0 Å². The second-order valence-corrected chi connectivity index (χ2v) is 7.88. The van der Waals surface area contributed by atoms with Gasteiger partial charge in [-0.05, 0) is 50.5 Å². The molecule has 30 heavy (non-hydrogen) atoms. The number of hydroxylamine groups is 1. The topological polar surface area (TPSA) is 92.9 Å². The maximum Gasteiger partial charge on any atom is 0.311 e. The molecule has 1 N–H and O–H groups in total. The second-order valence-electron chi connectivity index (χ2n) is 7.44. The quantitative estimate of drug-likeness (QED) is 0.444. The number of anilines is 1. The molecule has 0 saturated carbocycles. The largest absolute Gasteiger partial charge is 0.394 e. The third kappa shape index (κ3) is 3.64. The molecule has 2 aromatic rings. The lowest BCUT2D eigenvalue weighted by molar-refractivity contribution is -0.384. The van der Waals surface area contributed by atoms with E-state index < -0.39 is 5.66 Å². The minimum Gasteiger partial charge on any atom is -0.394 e. The first-order valence-electron chi connectivity index (χ1n) is 9.69. The van der Waals surface area contributed by atoms with E-state index in [9.17, 15) is 10.1 Å². The highest BCUT2D eigenvalue weighted by Crippen LogP contribution is 2.39. The van der Waals surface area contributed by atoms with E-state index in [4.69, 9.17) is 16.4 Å². The predicted octanol–water partition coefficient (Wildman–Crippen LogP) is 4.28. The van der Waals surface area contributed by atoms with Gasteiger partial charge in [-0.2, -0.15) is 0 Å². The van der Waals surface area contributed by atoms with E-state index in [1.807, 2.05) is 43.0 Å². The van der Waals surface area contributed by atoms with Crippen molar-refractivity contribution in [3.63, 3.8) is 0 Å². The van der Waals surface area contributed by atoms with Crippen LogP contribution in [0.4, 0.5) is 11.5 Å². The molecule has 0 bridgehead atoms. The average molecular weight is 428 g/mol. The molecule has 156 valence electrons. The van der Waals surface area contributed by atoms with Gasteiger partial charge in [-0.25, -0.2) is 9.98 Å². The normalized spacial score (nSPS) is 20.9. The van der Waals surface area contributed by atoms with Gasteiger partial charge in [-0.3, -0.25) is 10.1 Å². The fraction of sp³-hybridized carbons (Fsp3) is 0.333. The molecule has 2 aliphatic heterocycles. The third-order valence-electron chi connectivity index (χ3n) is 5.68. The predicted molar refractivity (Wildman–Crippen MR) is 116 cm³/mol. The van der Waals surface area contributed by atoms with Gasteiger partial charge in [0.25, 0.3) is 0 Å². The van der Waals surface area contributed by atoms with Crippen LogP contribution in [-0.4, -0.2) is 29.4 Å². The Hall–Kier alpha value is -2.97. The summed E-state index contributed by atoms with van der Waals surface area (Å²) < 4.78 is 0. The van der Waals surface area contributed by atoms with E-state index in [0.29, 0.717) is 23.9 Å². The number of nitrogens with one attached hydrogen (secondary N) is 1. The summed E-state index contributed by atoms with van der Waals surface area (Å²) in [5.74, 6) is 0.432. The van der Waals surface area contributed by atoms with E-state index in [1.54, 1.807) is 6.07 Å². The van der Waals surface area contributed by atoms with Crippen molar-refractivity contribution in [2.45, 2.75) is 32.4 Å². The van der Waals surface area contributed by atoms with Gasteiger partial charge in [-0.15, -0.1) is 5.48 Å². The summed E-state index contributed by atoms with van der Waals surface area (Å²) in [4.78, 5) is 27.4. The number of piperidine rings is 1. The SMILES string of the molecule is CC(=C1CCN(c2nc(C)ccc2[N+](=O)[O-])CC1)C1(c2cccc(Cl)c2)N=CON1. The molecule has 1 saturated heterocycles. The monoisotopic (exact) mass is 427 g/mol. The molecule has 8 nitrogen and oxygen atoms in total. The number of halogens is 1. The van der Waals surface area contributed by atoms with Crippen LogP contribution >= 0.6 is 11.6 Å². The van der Waals surface area contributed by atoms with Crippen LogP contribution in [0.3, 0.4) is 0 Å². The number of hydrogen-bond donors (Lipinski definition) is 1. The van der Waals surface area contributed by atoms with Crippen molar-refractivity contribution in [1.82, 2.24) is 10.5 Å². The Balaban J connectivity index is 1.62. The van der Waals surface area contributed by atoms with E-state index in [2.05, 4.69) is 15.5 Å². The van der Waals surface area contributed by atoms with Crippen LogP contribution in [-0.2, 0) is 10.5 Å². The molecule has 1 atom stereocenters. The Kier molecular flexibility index (Phi) is 5.44. The van der Waals surface area contributed by atoms with Crippen LogP contribution < -0.4 is 10.4 Å². The van der Waals surface area contributed by atoms with Crippen molar-refractivity contribution in [3.05, 3.63) is 73.9 Å². The summed E-state index contributed by atoms with van der Waals surface area (Å²) >= 11 is 6.21. The van der Waals surface area contributed by atoms with Crippen LogP contribution in [0.25, 0.3) is 0 Å². The van der Waals surface area contributed by atoms with E-state index >= 15 is 0 Å². The van der Waals surface area contributed by atoms with Crippen molar-refractivity contribution in [1.29, 1.82) is 0 Å². The van der Waals surface area contributed by atoms with Gasteiger partial charge in [0.1, 0.15) is 0 Å². The molecule has 0 aliphatic carbocycles. The molecule has 0 spiro atoms. The number of aliphatic imine (C=N–C) groups is 1. The van der Waals surface area contributed by atoms with Gasteiger partial charge in [0.2, 0.25) is 5.82 Å². The van der Waals surface area contributed by atoms with Crippen LogP contribution in [0.2, 0.25) is 5.02 Å². The van der Waals surface area contributed by atoms with Gasteiger partial charge < -0.3 is 9.74 Å². The molecule has 1 aromatic carbocycles. The molecule has 9 heteroatoms. The van der Waals surface area contributed by atoms with E-state index in [0.717, 1.165) is 29.7 Å². The number of benzene rings is 1. The summed E-state index contributed by atoms with van der Waals surface area (Å²) in [5.41, 5.74) is 6.18. The maximum absolute atomic E-state index is 11.4. The van der Waals surface area contributed by atoms with E-state index in [-0.39, 0.29) is 10.6 Å². The zero-order chi connectivity index (χ0) is 21.3. The summed E-state index contributed by atoms with van der Waals surface area (Å²) in [6, 6.07) is 10.7. The summed E-state index contributed by atoms with van der Waals surface area (Å²) in [6.07, 6.45) is 2.90. The Labute approximate surface area is 179 Å². The third-order valence-corrected chi connectivity index (χ3v) is 5.91. The Morgan fingerprint density at radius 2 is 2.07 bits per heavy atom. The number of aryl methyl sites for hydroxylation is 1. The molecular weight excluding hydrogens is 406 g/mol.